The van der Waals surface area contributed by atoms with Gasteiger partial charge in [-0.15, -0.1) is 12.3 Å². The summed E-state index contributed by atoms with van der Waals surface area (Å²) < 4.78 is 0. The monoisotopic (exact) mass is 248 g/mol. The number of terminal acetylenes is 1. The van der Waals surface area contributed by atoms with Crippen LogP contribution in [0.25, 0.3) is 0 Å². The molecule has 2 rings (SSSR count). The van der Waals surface area contributed by atoms with Crippen LogP contribution in [-0.2, 0) is 4.79 Å². The van der Waals surface area contributed by atoms with Crippen LogP contribution in [0.1, 0.15) is 45.4 Å². The summed E-state index contributed by atoms with van der Waals surface area (Å²) in [4.78, 5) is 14.4. The van der Waals surface area contributed by atoms with Gasteiger partial charge in [0.15, 0.2) is 0 Å². The Morgan fingerprint density at radius 2 is 2.17 bits per heavy atom. The van der Waals surface area contributed by atoms with Crippen LogP contribution in [0.15, 0.2) is 0 Å². The molecule has 4 atom stereocenters. The first-order chi connectivity index (χ1) is 8.65. The van der Waals surface area contributed by atoms with Crippen molar-refractivity contribution in [1.29, 1.82) is 0 Å². The minimum Gasteiger partial charge on any atom is -0.338 e. The Hall–Kier alpha value is -1.01. The maximum atomic E-state index is 12.4. The standard InChI is InChI=1S/C15H24N2O/c1-3-6-13(16)15(18)17-10-9-11(2)12-7-4-5-8-14(12)17/h1,11-14H,4-10,16H2,2H3. The van der Waals surface area contributed by atoms with Crippen LogP contribution in [0.2, 0.25) is 0 Å². The van der Waals surface area contributed by atoms with Gasteiger partial charge in [0.1, 0.15) is 0 Å². The van der Waals surface area contributed by atoms with E-state index in [1.165, 1.54) is 19.3 Å². The third kappa shape index (κ3) is 2.54. The molecule has 0 aromatic carbocycles. The van der Waals surface area contributed by atoms with Crippen LogP contribution in [-0.4, -0.2) is 29.4 Å². The Labute approximate surface area is 110 Å². The molecule has 1 amide bonds. The minimum atomic E-state index is -0.508. The maximum absolute atomic E-state index is 12.4. The molecule has 0 radical (unpaired) electrons. The van der Waals surface area contributed by atoms with Gasteiger partial charge in [-0.05, 0) is 31.1 Å². The van der Waals surface area contributed by atoms with Gasteiger partial charge in [-0.1, -0.05) is 19.8 Å². The summed E-state index contributed by atoms with van der Waals surface area (Å²) in [5, 5.41) is 0. The molecule has 1 aliphatic carbocycles. The Bertz CT molecular complexity index is 347. The molecule has 0 bridgehead atoms. The van der Waals surface area contributed by atoms with E-state index in [1.807, 2.05) is 4.90 Å². The van der Waals surface area contributed by atoms with Gasteiger partial charge in [0.25, 0.3) is 0 Å². The smallest absolute Gasteiger partial charge is 0.240 e. The first-order valence-corrected chi connectivity index (χ1v) is 7.14. The summed E-state index contributed by atoms with van der Waals surface area (Å²) in [5.74, 6) is 3.98. The van der Waals surface area contributed by atoms with E-state index in [9.17, 15) is 4.79 Å². The Kier molecular flexibility index (Phi) is 4.29. The van der Waals surface area contributed by atoms with E-state index in [0.29, 0.717) is 18.4 Å². The molecule has 1 heterocycles. The normalized spacial score (nSPS) is 33.4. The first kappa shape index (κ1) is 13.4. The lowest BCUT2D eigenvalue weighted by Gasteiger charge is -2.47. The molecule has 1 saturated carbocycles. The van der Waals surface area contributed by atoms with Gasteiger partial charge in [0.2, 0.25) is 5.91 Å². The average Bonchev–Trinajstić information content (AvgIpc) is 2.39. The highest BCUT2D eigenvalue weighted by Crippen LogP contribution is 2.38. The highest BCUT2D eigenvalue weighted by molar-refractivity contribution is 5.82. The van der Waals surface area contributed by atoms with Gasteiger partial charge in [0, 0.05) is 19.0 Å². The van der Waals surface area contributed by atoms with Crippen LogP contribution in [0, 0.1) is 24.2 Å². The summed E-state index contributed by atoms with van der Waals surface area (Å²) in [6.07, 6.45) is 11.7. The van der Waals surface area contributed by atoms with E-state index in [0.717, 1.165) is 25.3 Å². The molecule has 0 spiro atoms. The van der Waals surface area contributed by atoms with E-state index in [4.69, 9.17) is 12.2 Å². The van der Waals surface area contributed by atoms with Crippen molar-refractivity contribution in [1.82, 2.24) is 4.90 Å². The number of fused-ring (bicyclic) bond motifs is 1. The predicted molar refractivity (Wildman–Crippen MR) is 72.7 cm³/mol. The fourth-order valence-corrected chi connectivity index (χ4v) is 3.61. The zero-order chi connectivity index (χ0) is 13.1. The number of piperidine rings is 1. The second-order valence-corrected chi connectivity index (χ2v) is 5.83. The van der Waals surface area contributed by atoms with Crippen LogP contribution in [0.5, 0.6) is 0 Å². The van der Waals surface area contributed by atoms with Gasteiger partial charge >= 0.3 is 0 Å². The van der Waals surface area contributed by atoms with Gasteiger partial charge in [-0.25, -0.2) is 0 Å². The van der Waals surface area contributed by atoms with E-state index in [-0.39, 0.29) is 5.91 Å². The van der Waals surface area contributed by atoms with Crippen molar-refractivity contribution in [3.05, 3.63) is 0 Å². The summed E-state index contributed by atoms with van der Waals surface area (Å²) in [6.45, 7) is 3.19. The zero-order valence-electron chi connectivity index (χ0n) is 11.3. The number of nitrogens with two attached hydrogens (primary N) is 1. The molecule has 1 saturated heterocycles. The molecule has 3 nitrogen and oxygen atoms in total. The zero-order valence-corrected chi connectivity index (χ0v) is 11.3. The third-order valence-corrected chi connectivity index (χ3v) is 4.68. The van der Waals surface area contributed by atoms with Crippen molar-refractivity contribution in [3.8, 4) is 12.3 Å². The molecule has 0 aromatic heterocycles. The van der Waals surface area contributed by atoms with Gasteiger partial charge in [-0.3, -0.25) is 4.79 Å². The minimum absolute atomic E-state index is 0.0664. The Balaban J connectivity index is 2.08. The fourth-order valence-electron chi connectivity index (χ4n) is 3.61. The summed E-state index contributed by atoms with van der Waals surface area (Å²) in [7, 11) is 0. The van der Waals surface area contributed by atoms with Crippen LogP contribution < -0.4 is 5.73 Å². The van der Waals surface area contributed by atoms with Crippen molar-refractivity contribution in [2.45, 2.75) is 57.5 Å². The van der Waals surface area contributed by atoms with E-state index < -0.39 is 6.04 Å². The van der Waals surface area contributed by atoms with Gasteiger partial charge in [-0.2, -0.15) is 0 Å². The number of amides is 1. The summed E-state index contributed by atoms with van der Waals surface area (Å²) in [6, 6.07) is -0.0928. The van der Waals surface area contributed by atoms with Crippen molar-refractivity contribution in [2.75, 3.05) is 6.54 Å². The highest BCUT2D eigenvalue weighted by atomic mass is 16.2. The van der Waals surface area contributed by atoms with Crippen LogP contribution in [0.4, 0.5) is 0 Å². The second-order valence-electron chi connectivity index (χ2n) is 5.83. The number of carbonyl (C=O) groups is 1. The number of hydrogen-bond donors (Lipinski definition) is 1. The summed E-state index contributed by atoms with van der Waals surface area (Å²) >= 11 is 0. The second kappa shape index (κ2) is 5.75. The Morgan fingerprint density at radius 1 is 1.44 bits per heavy atom. The quantitative estimate of drug-likeness (QED) is 0.757. The first-order valence-electron chi connectivity index (χ1n) is 7.14. The molecule has 4 unspecified atom stereocenters. The maximum Gasteiger partial charge on any atom is 0.240 e. The van der Waals surface area contributed by atoms with Crippen molar-refractivity contribution < 1.29 is 4.79 Å². The lowest BCUT2D eigenvalue weighted by Crippen LogP contribution is -2.56. The fraction of sp³-hybridized carbons (Fsp3) is 0.800. The van der Waals surface area contributed by atoms with Gasteiger partial charge < -0.3 is 10.6 Å². The molecular weight excluding hydrogens is 224 g/mol. The topological polar surface area (TPSA) is 46.3 Å². The molecule has 1 aliphatic heterocycles. The number of rotatable bonds is 2. The largest absolute Gasteiger partial charge is 0.338 e. The van der Waals surface area contributed by atoms with Gasteiger partial charge in [0.05, 0.1) is 6.04 Å². The molecule has 2 fully saturated rings. The molecule has 2 aliphatic rings. The molecule has 3 heteroatoms. The average molecular weight is 248 g/mol. The number of hydrogen-bond acceptors (Lipinski definition) is 2. The molecule has 0 aromatic rings. The highest BCUT2D eigenvalue weighted by Gasteiger charge is 2.40. The molecule has 2 N–H and O–H groups in total. The SMILES string of the molecule is C#CCC(N)C(=O)N1CCC(C)C2CCCCC21. The van der Waals surface area contributed by atoms with E-state index >= 15 is 0 Å². The molecular formula is C15H24N2O. The molecule has 100 valence electrons. The van der Waals surface area contributed by atoms with Crippen molar-refractivity contribution in [2.24, 2.45) is 17.6 Å². The van der Waals surface area contributed by atoms with Crippen LogP contribution in [0.3, 0.4) is 0 Å². The van der Waals surface area contributed by atoms with Crippen LogP contribution >= 0.6 is 0 Å². The lowest BCUT2D eigenvalue weighted by atomic mass is 9.72. The predicted octanol–water partition coefficient (Wildman–Crippen LogP) is 1.76. The summed E-state index contributed by atoms with van der Waals surface area (Å²) in [5.41, 5.74) is 5.88. The number of nitrogens with zero attached hydrogens (tertiary/aromatic N) is 1. The van der Waals surface area contributed by atoms with Crippen molar-refractivity contribution in [3.63, 3.8) is 0 Å². The third-order valence-electron chi connectivity index (χ3n) is 4.68. The Morgan fingerprint density at radius 3 is 2.89 bits per heavy atom. The molecule has 18 heavy (non-hydrogen) atoms. The van der Waals surface area contributed by atoms with E-state index in [1.54, 1.807) is 0 Å². The number of likely N-dealkylation sites (tertiary alicyclic amines) is 1. The lowest BCUT2D eigenvalue weighted by molar-refractivity contribution is -0.140. The number of carbonyl (C=O) groups excluding carboxylic acids is 1. The van der Waals surface area contributed by atoms with Crippen molar-refractivity contribution >= 4 is 5.91 Å². The van der Waals surface area contributed by atoms with E-state index in [2.05, 4.69) is 12.8 Å².